The summed E-state index contributed by atoms with van der Waals surface area (Å²) in [5, 5.41) is 6.30. The number of benzene rings is 3. The van der Waals surface area contributed by atoms with Gasteiger partial charge >= 0.3 is 0 Å². The Morgan fingerprint density at radius 1 is 1.09 bits per heavy atom. The third-order valence-electron chi connectivity index (χ3n) is 4.98. The Balaban J connectivity index is 1.66. The molecule has 0 saturated heterocycles. The summed E-state index contributed by atoms with van der Waals surface area (Å²) in [6.07, 6.45) is 1.56. The Morgan fingerprint density at radius 2 is 1.91 bits per heavy atom. The number of rotatable bonds is 5. The fourth-order valence-corrected chi connectivity index (χ4v) is 3.72. The summed E-state index contributed by atoms with van der Waals surface area (Å²) in [6, 6.07) is 22.0. The molecule has 0 aliphatic heterocycles. The molecule has 0 saturated carbocycles. The molecule has 5 rings (SSSR count). The molecule has 5 aromatic rings. The summed E-state index contributed by atoms with van der Waals surface area (Å²) in [5.41, 5.74) is 1.70. The minimum Gasteiger partial charge on any atom is -0.492 e. The van der Waals surface area contributed by atoms with Crippen molar-refractivity contribution in [2.24, 2.45) is 5.10 Å². The highest BCUT2D eigenvalue weighted by Gasteiger charge is 2.16. The van der Waals surface area contributed by atoms with Gasteiger partial charge in [0.2, 0.25) is 5.82 Å². The highest BCUT2D eigenvalue weighted by atomic mass is 35.5. The molecule has 0 unspecified atom stereocenters. The van der Waals surface area contributed by atoms with Gasteiger partial charge in [0.1, 0.15) is 11.3 Å². The number of ether oxygens (including phenoxy) is 1. The Hall–Kier alpha value is -3.90. The molecule has 0 aliphatic rings. The number of para-hydroxylation sites is 2. The smallest absolute Gasteiger partial charge is 0.282 e. The van der Waals surface area contributed by atoms with Gasteiger partial charge in [-0.05, 0) is 55.0 Å². The Kier molecular flexibility index (Phi) is 5.21. The average Bonchev–Trinajstić information content (AvgIpc) is 3.24. The van der Waals surface area contributed by atoms with Crippen LogP contribution < -0.4 is 10.3 Å². The standard InChI is InChI=1S/C25H18ClN3O3/c1-2-31-22-12-11-16(13-19(22)26)15-27-29-24(23-14-17-7-3-6-10-21(17)32-23)28-20-9-5-4-8-18(20)25(29)30/h3-15H,2H2,1H3. The fourth-order valence-electron chi connectivity index (χ4n) is 3.48. The summed E-state index contributed by atoms with van der Waals surface area (Å²) in [5.74, 6) is 1.37. The van der Waals surface area contributed by atoms with Crippen molar-refractivity contribution < 1.29 is 9.15 Å². The molecule has 0 bridgehead atoms. The first-order chi connectivity index (χ1) is 15.6. The van der Waals surface area contributed by atoms with Gasteiger partial charge in [-0.25, -0.2) is 4.98 Å². The molecule has 0 N–H and O–H groups in total. The van der Waals surface area contributed by atoms with Gasteiger partial charge in [-0.3, -0.25) is 4.79 Å². The van der Waals surface area contributed by atoms with Crippen molar-refractivity contribution in [3.05, 3.63) is 93.7 Å². The zero-order valence-electron chi connectivity index (χ0n) is 17.2. The minimum atomic E-state index is -0.292. The van der Waals surface area contributed by atoms with E-state index in [9.17, 15) is 4.79 Å². The van der Waals surface area contributed by atoms with Gasteiger partial charge < -0.3 is 9.15 Å². The maximum Gasteiger partial charge on any atom is 0.282 e. The van der Waals surface area contributed by atoms with Crippen LogP contribution >= 0.6 is 11.6 Å². The zero-order chi connectivity index (χ0) is 22.1. The van der Waals surface area contributed by atoms with Crippen molar-refractivity contribution in [1.29, 1.82) is 0 Å². The monoisotopic (exact) mass is 443 g/mol. The largest absolute Gasteiger partial charge is 0.492 e. The van der Waals surface area contributed by atoms with E-state index in [1.165, 1.54) is 4.68 Å². The Bertz CT molecular complexity index is 1500. The van der Waals surface area contributed by atoms with Crippen molar-refractivity contribution in [3.8, 4) is 17.3 Å². The first-order valence-electron chi connectivity index (χ1n) is 10.1. The minimum absolute atomic E-state index is 0.292. The van der Waals surface area contributed by atoms with E-state index in [0.717, 1.165) is 5.39 Å². The number of aromatic nitrogens is 2. The summed E-state index contributed by atoms with van der Waals surface area (Å²) < 4.78 is 12.7. The second-order valence-corrected chi connectivity index (χ2v) is 7.49. The number of halogens is 1. The van der Waals surface area contributed by atoms with Crippen LogP contribution in [-0.4, -0.2) is 22.5 Å². The van der Waals surface area contributed by atoms with Crippen LogP contribution in [0, 0.1) is 0 Å². The number of nitrogens with zero attached hydrogens (tertiary/aromatic N) is 3. The van der Waals surface area contributed by atoms with Crippen LogP contribution in [0.15, 0.2) is 87.1 Å². The molecule has 0 fully saturated rings. The van der Waals surface area contributed by atoms with Crippen molar-refractivity contribution in [1.82, 2.24) is 9.66 Å². The molecule has 158 valence electrons. The van der Waals surface area contributed by atoms with E-state index in [1.807, 2.05) is 49.4 Å². The third kappa shape index (κ3) is 3.65. The quantitative estimate of drug-likeness (QED) is 0.324. The topological polar surface area (TPSA) is 69.6 Å². The van der Waals surface area contributed by atoms with E-state index >= 15 is 0 Å². The predicted octanol–water partition coefficient (Wildman–Crippen LogP) is 5.74. The third-order valence-corrected chi connectivity index (χ3v) is 5.27. The molecule has 2 aromatic heterocycles. The molecule has 2 heterocycles. The maximum absolute atomic E-state index is 13.3. The molecule has 0 aliphatic carbocycles. The average molecular weight is 444 g/mol. The van der Waals surface area contributed by atoms with E-state index < -0.39 is 0 Å². The van der Waals surface area contributed by atoms with Gasteiger partial charge in [-0.2, -0.15) is 9.78 Å². The Labute approximate surface area is 188 Å². The summed E-state index contributed by atoms with van der Waals surface area (Å²) in [6.45, 7) is 2.41. The van der Waals surface area contributed by atoms with Crippen LogP contribution in [0.25, 0.3) is 33.5 Å². The molecule has 0 amide bonds. The Morgan fingerprint density at radius 3 is 2.72 bits per heavy atom. The lowest BCUT2D eigenvalue weighted by atomic mass is 10.2. The lowest BCUT2D eigenvalue weighted by Gasteiger charge is -2.08. The van der Waals surface area contributed by atoms with Gasteiger partial charge in [-0.15, -0.1) is 0 Å². The predicted molar refractivity (Wildman–Crippen MR) is 127 cm³/mol. The van der Waals surface area contributed by atoms with E-state index in [-0.39, 0.29) is 5.56 Å². The maximum atomic E-state index is 13.3. The molecule has 6 nitrogen and oxygen atoms in total. The highest BCUT2D eigenvalue weighted by molar-refractivity contribution is 6.32. The van der Waals surface area contributed by atoms with Crippen LogP contribution in [0.2, 0.25) is 5.02 Å². The number of furan rings is 1. The van der Waals surface area contributed by atoms with Crippen molar-refractivity contribution >= 4 is 39.7 Å². The fraction of sp³-hybridized carbons (Fsp3) is 0.0800. The SMILES string of the molecule is CCOc1ccc(C=Nn2c(-c3cc4ccccc4o3)nc3ccccc3c2=O)cc1Cl. The van der Waals surface area contributed by atoms with Crippen LogP contribution in [0.5, 0.6) is 5.75 Å². The second kappa shape index (κ2) is 8.32. The summed E-state index contributed by atoms with van der Waals surface area (Å²) >= 11 is 6.29. The van der Waals surface area contributed by atoms with Crippen LogP contribution in [0.3, 0.4) is 0 Å². The van der Waals surface area contributed by atoms with E-state index in [0.29, 0.717) is 51.0 Å². The van der Waals surface area contributed by atoms with E-state index in [4.69, 9.17) is 20.8 Å². The number of fused-ring (bicyclic) bond motifs is 2. The van der Waals surface area contributed by atoms with Gasteiger partial charge in [0, 0.05) is 5.39 Å². The summed E-state index contributed by atoms with van der Waals surface area (Å²) in [4.78, 5) is 18.0. The molecular weight excluding hydrogens is 426 g/mol. The van der Waals surface area contributed by atoms with Crippen LogP contribution in [0.4, 0.5) is 0 Å². The van der Waals surface area contributed by atoms with Crippen molar-refractivity contribution in [3.63, 3.8) is 0 Å². The van der Waals surface area contributed by atoms with Crippen LogP contribution in [0.1, 0.15) is 12.5 Å². The van der Waals surface area contributed by atoms with Gasteiger partial charge in [0.05, 0.1) is 28.7 Å². The van der Waals surface area contributed by atoms with Gasteiger partial charge in [0.15, 0.2) is 5.76 Å². The zero-order valence-corrected chi connectivity index (χ0v) is 17.9. The highest BCUT2D eigenvalue weighted by Crippen LogP contribution is 2.27. The molecule has 3 aromatic carbocycles. The van der Waals surface area contributed by atoms with Gasteiger partial charge in [-0.1, -0.05) is 41.9 Å². The second-order valence-electron chi connectivity index (χ2n) is 7.09. The van der Waals surface area contributed by atoms with E-state index in [1.54, 1.807) is 36.5 Å². The van der Waals surface area contributed by atoms with Gasteiger partial charge in [0.25, 0.3) is 5.56 Å². The number of hydrogen-bond acceptors (Lipinski definition) is 5. The van der Waals surface area contributed by atoms with E-state index in [2.05, 4.69) is 10.1 Å². The van der Waals surface area contributed by atoms with Crippen molar-refractivity contribution in [2.75, 3.05) is 6.61 Å². The lowest BCUT2D eigenvalue weighted by Crippen LogP contribution is -2.20. The molecule has 0 radical (unpaired) electrons. The lowest BCUT2D eigenvalue weighted by molar-refractivity contribution is 0.340. The summed E-state index contributed by atoms with van der Waals surface area (Å²) in [7, 11) is 0. The molecular formula is C25H18ClN3O3. The molecule has 7 heteroatoms. The molecule has 0 spiro atoms. The normalized spacial score (nSPS) is 11.6. The molecule has 32 heavy (non-hydrogen) atoms. The number of hydrogen-bond donors (Lipinski definition) is 0. The van der Waals surface area contributed by atoms with Crippen molar-refractivity contribution in [2.45, 2.75) is 6.92 Å². The van der Waals surface area contributed by atoms with Crippen LogP contribution in [-0.2, 0) is 0 Å². The first kappa shape index (κ1) is 20.0. The first-order valence-corrected chi connectivity index (χ1v) is 10.5. The molecule has 0 atom stereocenters.